The molecular weight excluding hydrogens is 234 g/mol. The van der Waals surface area contributed by atoms with Gasteiger partial charge in [0.1, 0.15) is 0 Å². The predicted molar refractivity (Wildman–Crippen MR) is 78.0 cm³/mol. The van der Waals surface area contributed by atoms with Crippen LogP contribution in [0.1, 0.15) is 35.2 Å². The van der Waals surface area contributed by atoms with Crippen LogP contribution in [0.3, 0.4) is 0 Å². The van der Waals surface area contributed by atoms with E-state index in [9.17, 15) is 4.79 Å². The summed E-state index contributed by atoms with van der Waals surface area (Å²) in [7, 11) is 0. The molecule has 19 heavy (non-hydrogen) atoms. The molecule has 0 saturated carbocycles. The smallest absolute Gasteiger partial charge is 0.217 e. The van der Waals surface area contributed by atoms with Gasteiger partial charge in [-0.2, -0.15) is 0 Å². The van der Waals surface area contributed by atoms with Crippen molar-refractivity contribution in [2.45, 2.75) is 26.8 Å². The van der Waals surface area contributed by atoms with Crippen LogP contribution in [0.25, 0.3) is 0 Å². The molecule has 2 nitrogen and oxygen atoms in total. The monoisotopic (exact) mass is 253 g/mol. The van der Waals surface area contributed by atoms with Gasteiger partial charge in [0.15, 0.2) is 0 Å². The molecule has 0 radical (unpaired) electrons. The molecule has 0 aliphatic carbocycles. The highest BCUT2D eigenvalue weighted by Crippen LogP contribution is 2.25. The van der Waals surface area contributed by atoms with Crippen LogP contribution in [-0.2, 0) is 4.79 Å². The first kappa shape index (κ1) is 13.3. The van der Waals surface area contributed by atoms with Crippen molar-refractivity contribution < 1.29 is 4.79 Å². The van der Waals surface area contributed by atoms with Crippen molar-refractivity contribution in [1.29, 1.82) is 0 Å². The van der Waals surface area contributed by atoms with E-state index in [1.165, 1.54) is 11.1 Å². The second-order valence-electron chi connectivity index (χ2n) is 4.90. The Bertz CT molecular complexity index is 575. The third-order valence-corrected chi connectivity index (χ3v) is 3.22. The third kappa shape index (κ3) is 3.22. The Morgan fingerprint density at radius 3 is 2.32 bits per heavy atom. The number of carbonyl (C=O) groups is 1. The summed E-state index contributed by atoms with van der Waals surface area (Å²) in [5.74, 6) is -0.0196. The van der Waals surface area contributed by atoms with Crippen LogP contribution in [0.4, 0.5) is 0 Å². The van der Waals surface area contributed by atoms with Gasteiger partial charge in [0.25, 0.3) is 0 Å². The highest BCUT2D eigenvalue weighted by atomic mass is 16.1. The number of hydrogen-bond acceptors (Lipinski definition) is 1. The molecule has 0 unspecified atom stereocenters. The normalized spacial score (nSPS) is 11.9. The zero-order chi connectivity index (χ0) is 13.8. The lowest BCUT2D eigenvalue weighted by molar-refractivity contribution is -0.119. The molecule has 0 spiro atoms. The van der Waals surface area contributed by atoms with E-state index in [1.807, 2.05) is 30.3 Å². The maximum atomic E-state index is 11.5. The molecule has 0 aliphatic rings. The molecule has 1 amide bonds. The molecule has 0 fully saturated rings. The van der Waals surface area contributed by atoms with Crippen molar-refractivity contribution in [3.63, 3.8) is 0 Å². The van der Waals surface area contributed by atoms with Crippen LogP contribution in [0.15, 0.2) is 48.5 Å². The average molecular weight is 253 g/mol. The fraction of sp³-hybridized carbons (Fsp3) is 0.235. The van der Waals surface area contributed by atoms with Gasteiger partial charge in [-0.1, -0.05) is 54.1 Å². The Labute approximate surface area is 114 Å². The van der Waals surface area contributed by atoms with E-state index < -0.39 is 0 Å². The van der Waals surface area contributed by atoms with Gasteiger partial charge in [0.05, 0.1) is 6.04 Å². The molecule has 0 bridgehead atoms. The minimum Gasteiger partial charge on any atom is -0.345 e. The zero-order valence-corrected chi connectivity index (χ0v) is 11.6. The summed E-state index contributed by atoms with van der Waals surface area (Å²) in [6.45, 7) is 5.71. The lowest BCUT2D eigenvalue weighted by Crippen LogP contribution is -2.27. The van der Waals surface area contributed by atoms with E-state index in [-0.39, 0.29) is 11.9 Å². The quantitative estimate of drug-likeness (QED) is 0.890. The van der Waals surface area contributed by atoms with E-state index >= 15 is 0 Å². The molecule has 2 rings (SSSR count). The van der Waals surface area contributed by atoms with Crippen molar-refractivity contribution in [1.82, 2.24) is 5.32 Å². The number of carbonyl (C=O) groups excluding carboxylic acids is 1. The molecule has 1 N–H and O–H groups in total. The Hall–Kier alpha value is -2.09. The number of aryl methyl sites for hydroxylation is 2. The second kappa shape index (κ2) is 5.70. The van der Waals surface area contributed by atoms with Gasteiger partial charge in [0.2, 0.25) is 5.91 Å². The van der Waals surface area contributed by atoms with Crippen molar-refractivity contribution in [2.75, 3.05) is 0 Å². The number of amides is 1. The maximum absolute atomic E-state index is 11.5. The summed E-state index contributed by atoms with van der Waals surface area (Å²) < 4.78 is 0. The summed E-state index contributed by atoms with van der Waals surface area (Å²) >= 11 is 0. The summed E-state index contributed by atoms with van der Waals surface area (Å²) in [6.07, 6.45) is 0. The van der Waals surface area contributed by atoms with Crippen LogP contribution >= 0.6 is 0 Å². The molecule has 98 valence electrons. The van der Waals surface area contributed by atoms with Gasteiger partial charge in [-0.05, 0) is 30.5 Å². The SMILES string of the molecule is CC(=O)N[C@@H](c1ccccc1)c1ccc(C)cc1C. The first-order valence-corrected chi connectivity index (χ1v) is 6.47. The second-order valence-corrected chi connectivity index (χ2v) is 4.90. The molecule has 2 aromatic rings. The molecule has 0 aliphatic heterocycles. The Kier molecular flexibility index (Phi) is 4.00. The predicted octanol–water partition coefficient (Wildman–Crippen LogP) is 3.53. The van der Waals surface area contributed by atoms with Crippen molar-refractivity contribution >= 4 is 5.91 Å². The Morgan fingerprint density at radius 1 is 1.05 bits per heavy atom. The molecule has 0 aromatic heterocycles. The van der Waals surface area contributed by atoms with Gasteiger partial charge in [0, 0.05) is 6.92 Å². The van der Waals surface area contributed by atoms with E-state index in [0.29, 0.717) is 0 Å². The van der Waals surface area contributed by atoms with Gasteiger partial charge in [-0.15, -0.1) is 0 Å². The molecule has 0 saturated heterocycles. The largest absolute Gasteiger partial charge is 0.345 e. The van der Waals surface area contributed by atoms with E-state index in [4.69, 9.17) is 0 Å². The van der Waals surface area contributed by atoms with Gasteiger partial charge in [-0.25, -0.2) is 0 Å². The average Bonchev–Trinajstić information content (AvgIpc) is 2.37. The molecule has 0 heterocycles. The highest BCUT2D eigenvalue weighted by Gasteiger charge is 2.16. The van der Waals surface area contributed by atoms with Crippen molar-refractivity contribution in [2.24, 2.45) is 0 Å². The molecule has 2 heteroatoms. The van der Waals surface area contributed by atoms with E-state index in [1.54, 1.807) is 6.92 Å². The van der Waals surface area contributed by atoms with Crippen LogP contribution in [0.2, 0.25) is 0 Å². The number of benzene rings is 2. The van der Waals surface area contributed by atoms with Crippen LogP contribution in [0, 0.1) is 13.8 Å². The van der Waals surface area contributed by atoms with Crippen molar-refractivity contribution in [3.05, 3.63) is 70.8 Å². The third-order valence-electron chi connectivity index (χ3n) is 3.22. The summed E-state index contributed by atoms with van der Waals surface area (Å²) in [4.78, 5) is 11.5. The Morgan fingerprint density at radius 2 is 1.74 bits per heavy atom. The minimum atomic E-state index is -0.0840. The minimum absolute atomic E-state index is 0.0196. The van der Waals surface area contributed by atoms with E-state index in [2.05, 4.69) is 37.4 Å². The fourth-order valence-electron chi connectivity index (χ4n) is 2.34. The number of hydrogen-bond donors (Lipinski definition) is 1. The number of rotatable bonds is 3. The maximum Gasteiger partial charge on any atom is 0.217 e. The highest BCUT2D eigenvalue weighted by molar-refractivity contribution is 5.74. The summed E-state index contributed by atoms with van der Waals surface area (Å²) in [5, 5.41) is 3.03. The van der Waals surface area contributed by atoms with Gasteiger partial charge in [-0.3, -0.25) is 4.79 Å². The lowest BCUT2D eigenvalue weighted by atomic mass is 9.94. The van der Waals surface area contributed by atoms with Crippen LogP contribution in [0.5, 0.6) is 0 Å². The lowest BCUT2D eigenvalue weighted by Gasteiger charge is -2.21. The summed E-state index contributed by atoms with van der Waals surface area (Å²) in [5.41, 5.74) is 4.68. The van der Waals surface area contributed by atoms with Gasteiger partial charge < -0.3 is 5.32 Å². The molecule has 1 atom stereocenters. The van der Waals surface area contributed by atoms with Crippen molar-refractivity contribution in [3.8, 4) is 0 Å². The van der Waals surface area contributed by atoms with Crippen LogP contribution < -0.4 is 5.32 Å². The van der Waals surface area contributed by atoms with Gasteiger partial charge >= 0.3 is 0 Å². The van der Waals surface area contributed by atoms with E-state index in [0.717, 1.165) is 11.1 Å². The fourth-order valence-corrected chi connectivity index (χ4v) is 2.34. The first-order valence-electron chi connectivity index (χ1n) is 6.47. The Balaban J connectivity index is 2.46. The first-order chi connectivity index (χ1) is 9.08. The standard InChI is InChI=1S/C17H19NO/c1-12-9-10-16(13(2)11-12)17(18-14(3)19)15-7-5-4-6-8-15/h4-11,17H,1-3H3,(H,18,19)/t17-/m0/s1. The molecule has 2 aromatic carbocycles. The topological polar surface area (TPSA) is 29.1 Å². The zero-order valence-electron chi connectivity index (χ0n) is 11.6. The summed E-state index contributed by atoms with van der Waals surface area (Å²) in [6, 6.07) is 16.3. The molecular formula is C17H19NO. The van der Waals surface area contributed by atoms with Crippen LogP contribution in [-0.4, -0.2) is 5.91 Å². The number of nitrogens with one attached hydrogen (secondary N) is 1.